The zero-order chi connectivity index (χ0) is 30.9. The van der Waals surface area contributed by atoms with E-state index in [1.165, 1.54) is 10.6 Å². The standard InChI is InChI=1S/C33H42ClN3O4S/c1-24(2)22-35-33(39)31(21-27-10-7-6-8-11-27)36(23-28-13-15-29(34)16-14-28)32(38)12-9-17-37(42(5,40)41)30-19-25(3)18-26(4)20-30/h6-8,10-11,13-16,18-20,24,31H,9,12,17,21-23H2,1-5H3,(H,35,39)/t31-/m0/s1. The molecule has 9 heteroatoms. The van der Waals surface area contributed by atoms with Gasteiger partial charge in [-0.15, -0.1) is 0 Å². The maximum Gasteiger partial charge on any atom is 0.243 e. The molecular formula is C33H42ClN3O4S. The van der Waals surface area contributed by atoms with Gasteiger partial charge in [0.15, 0.2) is 0 Å². The summed E-state index contributed by atoms with van der Waals surface area (Å²) in [7, 11) is -3.58. The van der Waals surface area contributed by atoms with Crippen LogP contribution in [0.1, 0.15) is 48.9 Å². The van der Waals surface area contributed by atoms with Crippen molar-refractivity contribution in [1.82, 2.24) is 10.2 Å². The molecule has 0 aliphatic carbocycles. The van der Waals surface area contributed by atoms with Crippen molar-refractivity contribution < 1.29 is 18.0 Å². The molecule has 0 fully saturated rings. The molecule has 0 aliphatic rings. The van der Waals surface area contributed by atoms with E-state index in [0.717, 1.165) is 22.3 Å². The number of aryl methyl sites for hydroxylation is 2. The number of hydrogen-bond donors (Lipinski definition) is 1. The van der Waals surface area contributed by atoms with Gasteiger partial charge in [0.1, 0.15) is 6.04 Å². The summed E-state index contributed by atoms with van der Waals surface area (Å²) in [5, 5.41) is 3.60. The topological polar surface area (TPSA) is 86.8 Å². The third-order valence-corrected chi connectivity index (χ3v) is 8.31. The van der Waals surface area contributed by atoms with Crippen molar-refractivity contribution in [3.63, 3.8) is 0 Å². The Bertz CT molecular complexity index is 1420. The van der Waals surface area contributed by atoms with E-state index in [-0.39, 0.29) is 37.2 Å². The van der Waals surface area contributed by atoms with Crippen molar-refractivity contribution in [2.45, 2.75) is 59.5 Å². The van der Waals surface area contributed by atoms with Gasteiger partial charge in [-0.05, 0) is 72.7 Å². The number of rotatable bonds is 14. The zero-order valence-corrected chi connectivity index (χ0v) is 26.7. The lowest BCUT2D eigenvalue weighted by Gasteiger charge is -2.32. The second-order valence-corrected chi connectivity index (χ2v) is 13.6. The van der Waals surface area contributed by atoms with Crippen LogP contribution < -0.4 is 9.62 Å². The van der Waals surface area contributed by atoms with Crippen molar-refractivity contribution in [3.05, 3.63) is 100 Å². The minimum atomic E-state index is -3.58. The third kappa shape index (κ3) is 10.2. The first kappa shape index (κ1) is 33.1. The van der Waals surface area contributed by atoms with E-state index in [0.29, 0.717) is 30.1 Å². The molecule has 0 bridgehead atoms. The summed E-state index contributed by atoms with van der Waals surface area (Å²) in [6.07, 6.45) is 1.89. The molecule has 0 aromatic heterocycles. The first-order chi connectivity index (χ1) is 19.8. The molecule has 0 saturated carbocycles. The molecule has 1 atom stereocenters. The quantitative estimate of drug-likeness (QED) is 0.245. The summed E-state index contributed by atoms with van der Waals surface area (Å²) >= 11 is 6.11. The predicted octanol–water partition coefficient (Wildman–Crippen LogP) is 5.92. The number of anilines is 1. The van der Waals surface area contributed by atoms with Gasteiger partial charge >= 0.3 is 0 Å². The average molecular weight is 612 g/mol. The number of sulfonamides is 1. The highest BCUT2D eigenvalue weighted by atomic mass is 35.5. The maximum absolute atomic E-state index is 13.9. The molecule has 0 spiro atoms. The van der Waals surface area contributed by atoms with Gasteiger partial charge < -0.3 is 10.2 Å². The number of nitrogens with one attached hydrogen (secondary N) is 1. The van der Waals surface area contributed by atoms with Gasteiger partial charge in [-0.1, -0.05) is 74.0 Å². The molecule has 226 valence electrons. The van der Waals surface area contributed by atoms with Gasteiger partial charge in [0, 0.05) is 37.5 Å². The Morgan fingerprint density at radius 2 is 1.52 bits per heavy atom. The monoisotopic (exact) mass is 611 g/mol. The molecule has 1 N–H and O–H groups in total. The largest absolute Gasteiger partial charge is 0.354 e. The van der Waals surface area contributed by atoms with E-state index in [2.05, 4.69) is 5.32 Å². The van der Waals surface area contributed by atoms with Crippen LogP contribution in [-0.4, -0.2) is 50.5 Å². The summed E-state index contributed by atoms with van der Waals surface area (Å²) in [4.78, 5) is 29.1. The van der Waals surface area contributed by atoms with Gasteiger partial charge in [-0.2, -0.15) is 0 Å². The van der Waals surface area contributed by atoms with Crippen LogP contribution in [0.25, 0.3) is 0 Å². The molecule has 7 nitrogen and oxygen atoms in total. The van der Waals surface area contributed by atoms with Crippen LogP contribution in [0.4, 0.5) is 5.69 Å². The fourth-order valence-corrected chi connectivity index (χ4v) is 5.94. The minimum absolute atomic E-state index is 0.0765. The van der Waals surface area contributed by atoms with Crippen molar-refractivity contribution in [2.75, 3.05) is 23.7 Å². The van der Waals surface area contributed by atoms with Crippen LogP contribution in [0.15, 0.2) is 72.8 Å². The van der Waals surface area contributed by atoms with E-state index in [1.807, 2.05) is 88.4 Å². The number of carbonyl (C=O) groups is 2. The van der Waals surface area contributed by atoms with E-state index in [1.54, 1.807) is 17.0 Å². The Hall–Kier alpha value is -3.36. The number of halogens is 1. The minimum Gasteiger partial charge on any atom is -0.354 e. The van der Waals surface area contributed by atoms with E-state index in [9.17, 15) is 18.0 Å². The Morgan fingerprint density at radius 3 is 2.10 bits per heavy atom. The molecular weight excluding hydrogens is 570 g/mol. The van der Waals surface area contributed by atoms with E-state index in [4.69, 9.17) is 11.6 Å². The normalized spacial score (nSPS) is 12.2. The first-order valence-corrected chi connectivity index (χ1v) is 16.5. The summed E-state index contributed by atoms with van der Waals surface area (Å²) in [5.41, 5.74) is 4.28. The molecule has 0 heterocycles. The van der Waals surface area contributed by atoms with Crippen molar-refractivity contribution in [1.29, 1.82) is 0 Å². The number of carbonyl (C=O) groups excluding carboxylic acids is 2. The smallest absolute Gasteiger partial charge is 0.243 e. The van der Waals surface area contributed by atoms with Gasteiger partial charge in [-0.3, -0.25) is 13.9 Å². The third-order valence-electron chi connectivity index (χ3n) is 6.87. The van der Waals surface area contributed by atoms with Crippen molar-refractivity contribution in [2.24, 2.45) is 5.92 Å². The van der Waals surface area contributed by atoms with E-state index >= 15 is 0 Å². The van der Waals surface area contributed by atoms with Crippen LogP contribution >= 0.6 is 11.6 Å². The highest BCUT2D eigenvalue weighted by molar-refractivity contribution is 7.92. The SMILES string of the molecule is Cc1cc(C)cc(N(CCCC(=O)N(Cc2ccc(Cl)cc2)[C@@H](Cc2ccccc2)C(=O)NCC(C)C)S(C)(=O)=O)c1. The first-order valence-electron chi connectivity index (χ1n) is 14.2. The maximum atomic E-state index is 13.9. The molecule has 0 aliphatic heterocycles. The highest BCUT2D eigenvalue weighted by Crippen LogP contribution is 2.23. The molecule has 0 unspecified atom stereocenters. The van der Waals surface area contributed by atoms with Gasteiger partial charge in [0.05, 0.1) is 11.9 Å². The van der Waals surface area contributed by atoms with Crippen LogP contribution in [0.5, 0.6) is 0 Å². The van der Waals surface area contributed by atoms with Gasteiger partial charge in [-0.25, -0.2) is 8.42 Å². The van der Waals surface area contributed by atoms with E-state index < -0.39 is 16.1 Å². The Kier molecular flexibility index (Phi) is 12.0. The lowest BCUT2D eigenvalue weighted by atomic mass is 10.0. The summed E-state index contributed by atoms with van der Waals surface area (Å²) in [6, 6.07) is 21.7. The second-order valence-electron chi connectivity index (χ2n) is 11.3. The average Bonchev–Trinajstić information content (AvgIpc) is 2.91. The van der Waals surface area contributed by atoms with Gasteiger partial charge in [0.25, 0.3) is 0 Å². The number of hydrogen-bond acceptors (Lipinski definition) is 4. The molecule has 0 saturated heterocycles. The summed E-state index contributed by atoms with van der Waals surface area (Å²) in [6.45, 7) is 8.74. The molecule has 3 rings (SSSR count). The number of amides is 2. The van der Waals surface area contributed by atoms with Crippen LogP contribution in [0.3, 0.4) is 0 Å². The fourth-order valence-electron chi connectivity index (χ4n) is 4.86. The van der Waals surface area contributed by atoms with Crippen molar-refractivity contribution >= 4 is 39.1 Å². The lowest BCUT2D eigenvalue weighted by molar-refractivity contribution is -0.141. The Balaban J connectivity index is 1.89. The molecule has 2 amide bonds. The molecule has 0 radical (unpaired) electrons. The van der Waals surface area contributed by atoms with Crippen LogP contribution in [0.2, 0.25) is 5.02 Å². The molecule has 3 aromatic rings. The lowest BCUT2D eigenvalue weighted by Crippen LogP contribution is -2.51. The fraction of sp³-hybridized carbons (Fsp3) is 0.394. The van der Waals surface area contributed by atoms with Gasteiger partial charge in [0.2, 0.25) is 21.8 Å². The Morgan fingerprint density at radius 1 is 0.905 bits per heavy atom. The summed E-state index contributed by atoms with van der Waals surface area (Å²) < 4.78 is 26.8. The number of benzene rings is 3. The van der Waals surface area contributed by atoms with Crippen LogP contribution in [0, 0.1) is 19.8 Å². The molecule has 42 heavy (non-hydrogen) atoms. The zero-order valence-electron chi connectivity index (χ0n) is 25.1. The van der Waals surface area contributed by atoms with Crippen molar-refractivity contribution in [3.8, 4) is 0 Å². The predicted molar refractivity (Wildman–Crippen MR) is 171 cm³/mol. The Labute approximate surface area is 255 Å². The molecule has 3 aromatic carbocycles. The second kappa shape index (κ2) is 15.2. The highest BCUT2D eigenvalue weighted by Gasteiger charge is 2.30. The summed E-state index contributed by atoms with van der Waals surface area (Å²) in [5.74, 6) is -0.193. The number of nitrogens with zero attached hydrogens (tertiary/aromatic N) is 2. The van der Waals surface area contributed by atoms with Crippen LogP contribution in [-0.2, 0) is 32.6 Å².